The van der Waals surface area contributed by atoms with E-state index in [0.29, 0.717) is 5.69 Å². The highest BCUT2D eigenvalue weighted by molar-refractivity contribution is 7.92. The number of sulfonamides is 1. The van der Waals surface area contributed by atoms with Gasteiger partial charge in [-0.15, -0.1) is 0 Å². The predicted octanol–water partition coefficient (Wildman–Crippen LogP) is 2.19. The largest absolute Gasteiger partial charge is 0.452 e. The van der Waals surface area contributed by atoms with Crippen LogP contribution < -0.4 is 15.4 Å². The number of carbonyl (C=O) groups is 3. The predicted molar refractivity (Wildman–Crippen MR) is 111 cm³/mol. The van der Waals surface area contributed by atoms with Gasteiger partial charge in [0.05, 0.1) is 10.5 Å². The van der Waals surface area contributed by atoms with Crippen LogP contribution in [0.4, 0.5) is 10.5 Å². The van der Waals surface area contributed by atoms with Crippen LogP contribution in [0.15, 0.2) is 53.4 Å². The normalized spacial score (nSPS) is 10.9. The van der Waals surface area contributed by atoms with Crippen LogP contribution in [0.1, 0.15) is 29.8 Å². The Morgan fingerprint density at radius 3 is 2.13 bits per heavy atom. The second-order valence-corrected chi connectivity index (χ2v) is 8.43. The van der Waals surface area contributed by atoms with Crippen molar-refractivity contribution in [3.05, 3.63) is 59.7 Å². The zero-order valence-electron chi connectivity index (χ0n) is 16.8. The zero-order chi connectivity index (χ0) is 22.3. The second kappa shape index (κ2) is 9.88. The molecule has 0 radical (unpaired) electrons. The van der Waals surface area contributed by atoms with E-state index >= 15 is 0 Å². The van der Waals surface area contributed by atoms with Crippen molar-refractivity contribution in [1.82, 2.24) is 10.6 Å². The molecule has 3 amide bonds. The topological polar surface area (TPSA) is 131 Å². The quantitative estimate of drug-likeness (QED) is 0.574. The zero-order valence-corrected chi connectivity index (χ0v) is 17.6. The van der Waals surface area contributed by atoms with E-state index in [-0.39, 0.29) is 16.5 Å². The lowest BCUT2D eigenvalue weighted by molar-refractivity contribution is -0.123. The Hall–Kier alpha value is -3.40. The molecule has 10 heteroatoms. The lowest BCUT2D eigenvalue weighted by Crippen LogP contribution is -2.44. The molecule has 0 aliphatic heterocycles. The third kappa shape index (κ3) is 6.89. The van der Waals surface area contributed by atoms with E-state index in [2.05, 4.69) is 10.0 Å². The van der Waals surface area contributed by atoms with Gasteiger partial charge in [-0.3, -0.25) is 14.8 Å². The summed E-state index contributed by atoms with van der Waals surface area (Å²) in [5, 5.41) is 4.48. The molecule has 3 N–H and O–H groups in total. The minimum absolute atomic E-state index is 0.0391. The number of amides is 3. The molecule has 0 fully saturated rings. The summed E-state index contributed by atoms with van der Waals surface area (Å²) in [6, 6.07) is 11.0. The van der Waals surface area contributed by atoms with Crippen molar-refractivity contribution in [3.8, 4) is 0 Å². The van der Waals surface area contributed by atoms with Gasteiger partial charge < -0.3 is 10.1 Å². The Balaban J connectivity index is 1.94. The number of benzene rings is 2. The SMILES string of the molecule is Cc1ccc(NS(=O)(=O)c2ccc(C(=O)OCC(=O)NC(=O)NC(C)C)cc2)cc1. The summed E-state index contributed by atoms with van der Waals surface area (Å²) in [4.78, 5) is 35.0. The summed E-state index contributed by atoms with van der Waals surface area (Å²) >= 11 is 0. The third-order valence-electron chi connectivity index (χ3n) is 3.71. The van der Waals surface area contributed by atoms with E-state index in [1.807, 2.05) is 12.2 Å². The number of hydrogen-bond donors (Lipinski definition) is 3. The number of nitrogens with one attached hydrogen (secondary N) is 3. The van der Waals surface area contributed by atoms with E-state index in [4.69, 9.17) is 4.74 Å². The summed E-state index contributed by atoms with van der Waals surface area (Å²) in [5.41, 5.74) is 1.47. The van der Waals surface area contributed by atoms with Crippen molar-refractivity contribution in [2.75, 3.05) is 11.3 Å². The molecule has 0 atom stereocenters. The highest BCUT2D eigenvalue weighted by atomic mass is 32.2. The average molecular weight is 433 g/mol. The molecule has 2 rings (SSSR count). The van der Waals surface area contributed by atoms with Gasteiger partial charge in [0.2, 0.25) is 0 Å². The fourth-order valence-electron chi connectivity index (χ4n) is 2.28. The number of carbonyl (C=O) groups excluding carboxylic acids is 3. The van der Waals surface area contributed by atoms with Crippen molar-refractivity contribution in [3.63, 3.8) is 0 Å². The first-order valence-corrected chi connectivity index (χ1v) is 10.5. The van der Waals surface area contributed by atoms with Gasteiger partial charge >= 0.3 is 12.0 Å². The molecule has 9 nitrogen and oxygen atoms in total. The molecule has 2 aromatic rings. The van der Waals surface area contributed by atoms with Crippen molar-refractivity contribution in [1.29, 1.82) is 0 Å². The number of rotatable bonds is 7. The van der Waals surface area contributed by atoms with Gasteiger partial charge in [0.25, 0.3) is 15.9 Å². The number of ether oxygens (including phenoxy) is 1. The Morgan fingerprint density at radius 2 is 1.57 bits per heavy atom. The summed E-state index contributed by atoms with van der Waals surface area (Å²) in [7, 11) is -3.83. The maximum Gasteiger partial charge on any atom is 0.338 e. The van der Waals surface area contributed by atoms with E-state index < -0.39 is 34.5 Å². The lowest BCUT2D eigenvalue weighted by Gasteiger charge is -2.10. The molecule has 0 aliphatic carbocycles. The highest BCUT2D eigenvalue weighted by Crippen LogP contribution is 2.17. The van der Waals surface area contributed by atoms with Crippen molar-refractivity contribution >= 4 is 33.6 Å². The Kier molecular flexibility index (Phi) is 7.54. The molecule has 2 aromatic carbocycles. The molecule has 0 unspecified atom stereocenters. The van der Waals surface area contributed by atoms with E-state index in [9.17, 15) is 22.8 Å². The van der Waals surface area contributed by atoms with Gasteiger partial charge in [-0.1, -0.05) is 17.7 Å². The van der Waals surface area contributed by atoms with E-state index in [1.54, 1.807) is 38.1 Å². The summed E-state index contributed by atoms with van der Waals surface area (Å²) in [6.07, 6.45) is 0. The Morgan fingerprint density at radius 1 is 0.967 bits per heavy atom. The van der Waals surface area contributed by atoms with E-state index in [1.165, 1.54) is 24.3 Å². The maximum atomic E-state index is 12.4. The highest BCUT2D eigenvalue weighted by Gasteiger charge is 2.17. The average Bonchev–Trinajstić information content (AvgIpc) is 2.67. The van der Waals surface area contributed by atoms with E-state index in [0.717, 1.165) is 5.56 Å². The van der Waals surface area contributed by atoms with Crippen LogP contribution in [0.25, 0.3) is 0 Å². The Bertz CT molecular complexity index is 1020. The molecule has 0 saturated heterocycles. The van der Waals surface area contributed by atoms with Gasteiger partial charge in [0.15, 0.2) is 6.61 Å². The summed E-state index contributed by atoms with van der Waals surface area (Å²) in [6.45, 7) is 4.69. The maximum absolute atomic E-state index is 12.4. The number of aryl methyl sites for hydroxylation is 1. The molecule has 0 saturated carbocycles. The third-order valence-corrected chi connectivity index (χ3v) is 5.11. The molecule has 0 heterocycles. The smallest absolute Gasteiger partial charge is 0.338 e. The van der Waals surface area contributed by atoms with Gasteiger partial charge in [-0.05, 0) is 57.2 Å². The monoisotopic (exact) mass is 433 g/mol. The van der Waals surface area contributed by atoms with Crippen molar-refractivity contribution < 1.29 is 27.5 Å². The van der Waals surface area contributed by atoms with Gasteiger partial charge in [0, 0.05) is 11.7 Å². The second-order valence-electron chi connectivity index (χ2n) is 6.75. The standard InChI is InChI=1S/C20H23N3O6S/c1-13(2)21-20(26)22-18(24)12-29-19(25)15-6-10-17(11-7-15)30(27,28)23-16-8-4-14(3)5-9-16/h4-11,13,23H,12H2,1-3H3,(H2,21,22,24,26). The van der Waals surface area contributed by atoms with Gasteiger partial charge in [-0.25, -0.2) is 18.0 Å². The fraction of sp³-hybridized carbons (Fsp3) is 0.250. The first-order valence-electron chi connectivity index (χ1n) is 9.04. The number of anilines is 1. The molecule has 0 spiro atoms. The molecule has 30 heavy (non-hydrogen) atoms. The number of hydrogen-bond acceptors (Lipinski definition) is 6. The van der Waals surface area contributed by atoms with Gasteiger partial charge in [0.1, 0.15) is 0 Å². The molecule has 0 aliphatic rings. The number of urea groups is 1. The fourth-order valence-corrected chi connectivity index (χ4v) is 3.34. The molecular formula is C20H23N3O6S. The van der Waals surface area contributed by atoms with Crippen LogP contribution in [0, 0.1) is 6.92 Å². The molecule has 0 bridgehead atoms. The van der Waals surface area contributed by atoms with Crippen molar-refractivity contribution in [2.45, 2.75) is 31.7 Å². The molecular weight excluding hydrogens is 410 g/mol. The Labute approximate surface area is 174 Å². The van der Waals surface area contributed by atoms with Crippen LogP contribution >= 0.6 is 0 Å². The molecule has 0 aromatic heterocycles. The number of imide groups is 1. The lowest BCUT2D eigenvalue weighted by atomic mass is 10.2. The van der Waals surface area contributed by atoms with Crippen LogP contribution in [0.3, 0.4) is 0 Å². The van der Waals surface area contributed by atoms with Crippen LogP contribution in [0.2, 0.25) is 0 Å². The molecule has 160 valence electrons. The summed E-state index contributed by atoms with van der Waals surface area (Å²) in [5.74, 6) is -1.62. The van der Waals surface area contributed by atoms with Crippen LogP contribution in [-0.2, 0) is 19.6 Å². The first-order chi connectivity index (χ1) is 14.1. The minimum Gasteiger partial charge on any atom is -0.452 e. The van der Waals surface area contributed by atoms with Crippen LogP contribution in [0.5, 0.6) is 0 Å². The number of esters is 1. The minimum atomic E-state index is -3.83. The first kappa shape index (κ1) is 22.9. The van der Waals surface area contributed by atoms with Crippen LogP contribution in [-0.4, -0.2) is 39.0 Å². The van der Waals surface area contributed by atoms with Gasteiger partial charge in [-0.2, -0.15) is 0 Å². The summed E-state index contributed by atoms with van der Waals surface area (Å²) < 4.78 is 32.2. The van der Waals surface area contributed by atoms with Crippen molar-refractivity contribution in [2.24, 2.45) is 0 Å².